The predicted octanol–water partition coefficient (Wildman–Crippen LogP) is 5.60. The minimum absolute atomic E-state index is 0.0708. The highest BCUT2D eigenvalue weighted by molar-refractivity contribution is 9.10. The third kappa shape index (κ3) is 3.52. The standard InChI is InChI=1S/C14H6Br2F4O/c15-10-3-1-7(5-9(10)14(18,19)20)13(21)8-2-4-12(17)11(16)6-8/h1-6H. The van der Waals surface area contributed by atoms with Gasteiger partial charge in [-0.3, -0.25) is 4.79 Å². The minimum Gasteiger partial charge on any atom is -0.289 e. The number of carbonyl (C=O) groups is 1. The van der Waals surface area contributed by atoms with E-state index in [1.54, 1.807) is 0 Å². The van der Waals surface area contributed by atoms with E-state index in [1.165, 1.54) is 18.2 Å². The molecule has 0 aliphatic heterocycles. The Kier molecular flexibility index (Phi) is 4.53. The van der Waals surface area contributed by atoms with Crippen molar-refractivity contribution in [3.63, 3.8) is 0 Å². The lowest BCUT2D eigenvalue weighted by atomic mass is 10.0. The molecule has 0 atom stereocenters. The van der Waals surface area contributed by atoms with Crippen molar-refractivity contribution >= 4 is 37.6 Å². The third-order valence-corrected chi connectivity index (χ3v) is 4.01. The van der Waals surface area contributed by atoms with Gasteiger partial charge in [0.2, 0.25) is 0 Å². The topological polar surface area (TPSA) is 17.1 Å². The molecular weight excluding hydrogens is 420 g/mol. The number of halogens is 6. The Hall–Kier alpha value is -1.21. The molecule has 21 heavy (non-hydrogen) atoms. The zero-order valence-electron chi connectivity index (χ0n) is 10.1. The number of hydrogen-bond donors (Lipinski definition) is 0. The Bertz CT molecular complexity index is 711. The van der Waals surface area contributed by atoms with Gasteiger partial charge in [-0.2, -0.15) is 13.2 Å². The summed E-state index contributed by atoms with van der Waals surface area (Å²) in [6.07, 6.45) is -4.57. The van der Waals surface area contributed by atoms with Gasteiger partial charge in [0.15, 0.2) is 5.78 Å². The van der Waals surface area contributed by atoms with Crippen LogP contribution in [-0.2, 0) is 6.18 Å². The van der Waals surface area contributed by atoms with Gasteiger partial charge in [-0.25, -0.2) is 4.39 Å². The van der Waals surface area contributed by atoms with Crippen LogP contribution in [0.2, 0.25) is 0 Å². The Morgan fingerprint density at radius 1 is 0.905 bits per heavy atom. The molecule has 0 saturated heterocycles. The van der Waals surface area contributed by atoms with Gasteiger partial charge in [0, 0.05) is 15.6 Å². The molecule has 0 spiro atoms. The number of benzene rings is 2. The maximum atomic E-state index is 13.1. The summed E-state index contributed by atoms with van der Waals surface area (Å²) in [6, 6.07) is 6.72. The Labute approximate surface area is 134 Å². The Morgan fingerprint density at radius 2 is 1.48 bits per heavy atom. The molecule has 0 amide bonds. The molecule has 0 aromatic heterocycles. The van der Waals surface area contributed by atoms with Crippen LogP contribution >= 0.6 is 31.9 Å². The normalized spacial score (nSPS) is 11.5. The van der Waals surface area contributed by atoms with Crippen LogP contribution in [0.3, 0.4) is 0 Å². The fourth-order valence-electron chi connectivity index (χ4n) is 1.69. The van der Waals surface area contributed by atoms with Crippen LogP contribution in [0.15, 0.2) is 45.3 Å². The lowest BCUT2D eigenvalue weighted by molar-refractivity contribution is -0.138. The summed E-state index contributed by atoms with van der Waals surface area (Å²) in [4.78, 5) is 12.2. The first-order valence-electron chi connectivity index (χ1n) is 5.56. The second-order valence-corrected chi connectivity index (χ2v) is 5.86. The van der Waals surface area contributed by atoms with Crippen molar-refractivity contribution in [2.24, 2.45) is 0 Å². The van der Waals surface area contributed by atoms with Gasteiger partial charge in [-0.1, -0.05) is 15.9 Å². The van der Waals surface area contributed by atoms with Crippen LogP contribution in [0.4, 0.5) is 17.6 Å². The zero-order chi connectivity index (χ0) is 15.8. The van der Waals surface area contributed by atoms with E-state index in [4.69, 9.17) is 0 Å². The SMILES string of the molecule is O=C(c1ccc(F)c(Br)c1)c1ccc(Br)c(C(F)(F)F)c1. The molecule has 2 rings (SSSR count). The highest BCUT2D eigenvalue weighted by Gasteiger charge is 2.33. The van der Waals surface area contributed by atoms with Gasteiger partial charge in [-0.05, 0) is 52.3 Å². The molecular formula is C14H6Br2F4O. The summed E-state index contributed by atoms with van der Waals surface area (Å²) in [5.41, 5.74) is -0.961. The maximum Gasteiger partial charge on any atom is 0.417 e. The third-order valence-electron chi connectivity index (χ3n) is 2.72. The molecule has 2 aromatic carbocycles. The lowest BCUT2D eigenvalue weighted by Gasteiger charge is -2.11. The van der Waals surface area contributed by atoms with Gasteiger partial charge < -0.3 is 0 Å². The first kappa shape index (κ1) is 16.2. The Balaban J connectivity index is 2.46. The van der Waals surface area contributed by atoms with E-state index in [2.05, 4.69) is 31.9 Å². The molecule has 0 aliphatic rings. The predicted molar refractivity (Wildman–Crippen MR) is 76.7 cm³/mol. The summed E-state index contributed by atoms with van der Waals surface area (Å²) in [5.74, 6) is -1.17. The lowest BCUT2D eigenvalue weighted by Crippen LogP contribution is -2.09. The fraction of sp³-hybridized carbons (Fsp3) is 0.0714. The maximum absolute atomic E-state index is 13.1. The van der Waals surface area contributed by atoms with Crippen molar-refractivity contribution in [3.8, 4) is 0 Å². The van der Waals surface area contributed by atoms with Crippen molar-refractivity contribution in [1.82, 2.24) is 0 Å². The van der Waals surface area contributed by atoms with Gasteiger partial charge in [0.05, 0.1) is 10.0 Å². The first-order chi connectivity index (χ1) is 9.70. The molecule has 110 valence electrons. The molecule has 0 radical (unpaired) electrons. The monoisotopic (exact) mass is 424 g/mol. The van der Waals surface area contributed by atoms with Crippen molar-refractivity contribution in [1.29, 1.82) is 0 Å². The van der Waals surface area contributed by atoms with Crippen molar-refractivity contribution < 1.29 is 22.4 Å². The second kappa shape index (κ2) is 5.88. The second-order valence-electron chi connectivity index (χ2n) is 4.15. The van der Waals surface area contributed by atoms with Crippen LogP contribution < -0.4 is 0 Å². The number of carbonyl (C=O) groups excluding carboxylic acids is 1. The zero-order valence-corrected chi connectivity index (χ0v) is 13.3. The molecule has 0 N–H and O–H groups in total. The van der Waals surface area contributed by atoms with Crippen LogP contribution in [-0.4, -0.2) is 5.78 Å². The van der Waals surface area contributed by atoms with Gasteiger partial charge >= 0.3 is 6.18 Å². The molecule has 1 nitrogen and oxygen atoms in total. The Morgan fingerprint density at radius 3 is 2.05 bits per heavy atom. The molecule has 0 saturated carbocycles. The van der Waals surface area contributed by atoms with E-state index < -0.39 is 23.3 Å². The highest BCUT2D eigenvalue weighted by atomic mass is 79.9. The number of alkyl halides is 3. The number of ketones is 1. The van der Waals surface area contributed by atoms with Crippen LogP contribution in [0.5, 0.6) is 0 Å². The summed E-state index contributed by atoms with van der Waals surface area (Å²) in [7, 11) is 0. The molecule has 0 aliphatic carbocycles. The van der Waals surface area contributed by atoms with E-state index in [-0.39, 0.29) is 20.1 Å². The molecule has 0 heterocycles. The quantitative estimate of drug-likeness (QED) is 0.452. The van der Waals surface area contributed by atoms with E-state index in [0.29, 0.717) is 0 Å². The number of hydrogen-bond acceptors (Lipinski definition) is 1. The molecule has 0 fully saturated rings. The summed E-state index contributed by atoms with van der Waals surface area (Å²) in [5, 5.41) is 0. The summed E-state index contributed by atoms with van der Waals surface area (Å²) >= 11 is 5.73. The van der Waals surface area contributed by atoms with Crippen LogP contribution in [0.25, 0.3) is 0 Å². The van der Waals surface area contributed by atoms with Crippen LogP contribution in [0.1, 0.15) is 21.5 Å². The average molecular weight is 426 g/mol. The van der Waals surface area contributed by atoms with Gasteiger partial charge in [0.1, 0.15) is 5.82 Å². The molecule has 0 unspecified atom stereocenters. The van der Waals surface area contributed by atoms with Gasteiger partial charge in [-0.15, -0.1) is 0 Å². The largest absolute Gasteiger partial charge is 0.417 e. The molecule has 7 heteroatoms. The summed E-state index contributed by atoms with van der Waals surface area (Å²) in [6.45, 7) is 0. The van der Waals surface area contributed by atoms with E-state index in [0.717, 1.165) is 18.2 Å². The minimum atomic E-state index is -4.57. The van der Waals surface area contributed by atoms with Crippen molar-refractivity contribution in [3.05, 3.63) is 67.9 Å². The highest BCUT2D eigenvalue weighted by Crippen LogP contribution is 2.35. The van der Waals surface area contributed by atoms with Crippen molar-refractivity contribution in [2.75, 3.05) is 0 Å². The molecule has 0 bridgehead atoms. The smallest absolute Gasteiger partial charge is 0.289 e. The molecule has 2 aromatic rings. The first-order valence-corrected chi connectivity index (χ1v) is 7.15. The average Bonchev–Trinajstić information content (AvgIpc) is 2.40. The van der Waals surface area contributed by atoms with Crippen molar-refractivity contribution in [2.45, 2.75) is 6.18 Å². The van der Waals surface area contributed by atoms with E-state index >= 15 is 0 Å². The van der Waals surface area contributed by atoms with E-state index in [1.807, 2.05) is 0 Å². The summed E-state index contributed by atoms with van der Waals surface area (Å²) < 4.78 is 51.5. The van der Waals surface area contributed by atoms with E-state index in [9.17, 15) is 22.4 Å². The number of rotatable bonds is 2. The van der Waals surface area contributed by atoms with Crippen LogP contribution in [0, 0.1) is 5.82 Å². The fourth-order valence-corrected chi connectivity index (χ4v) is 2.54. The van der Waals surface area contributed by atoms with Gasteiger partial charge in [0.25, 0.3) is 0 Å².